The van der Waals surface area contributed by atoms with Crippen molar-refractivity contribution >= 4 is 11.9 Å². The molecule has 1 aromatic carbocycles. The van der Waals surface area contributed by atoms with Crippen LogP contribution in [0, 0.1) is 23.5 Å². The lowest BCUT2D eigenvalue weighted by molar-refractivity contribution is -0.144. The number of rotatable bonds is 4. The summed E-state index contributed by atoms with van der Waals surface area (Å²) >= 11 is 0. The molecule has 114 valence electrons. The van der Waals surface area contributed by atoms with Gasteiger partial charge in [-0.15, -0.1) is 0 Å². The topological polar surface area (TPSA) is 66.4 Å². The molecule has 0 spiro atoms. The molecule has 1 fully saturated rings. The SMILES string of the molecule is O=C(NC[C@@H]1CCCC[C@@H]1C(=O)O)c1cc(F)ccc1F. The van der Waals surface area contributed by atoms with Gasteiger partial charge in [0.2, 0.25) is 0 Å². The van der Waals surface area contributed by atoms with E-state index in [-0.39, 0.29) is 18.0 Å². The minimum atomic E-state index is -0.870. The number of halogens is 2. The molecule has 0 aromatic heterocycles. The van der Waals surface area contributed by atoms with Crippen LogP contribution in [-0.4, -0.2) is 23.5 Å². The van der Waals surface area contributed by atoms with Crippen LogP contribution in [0.3, 0.4) is 0 Å². The minimum absolute atomic E-state index is 0.158. The minimum Gasteiger partial charge on any atom is -0.481 e. The van der Waals surface area contributed by atoms with Gasteiger partial charge in [-0.3, -0.25) is 9.59 Å². The predicted molar refractivity (Wildman–Crippen MR) is 71.8 cm³/mol. The molecule has 1 aliphatic rings. The summed E-state index contributed by atoms with van der Waals surface area (Å²) in [6.45, 7) is 0.158. The Hall–Kier alpha value is -1.98. The van der Waals surface area contributed by atoms with E-state index in [1.165, 1.54) is 0 Å². The summed E-state index contributed by atoms with van der Waals surface area (Å²) in [5.74, 6) is -3.74. The van der Waals surface area contributed by atoms with Crippen molar-refractivity contribution in [2.75, 3.05) is 6.54 Å². The van der Waals surface area contributed by atoms with E-state index in [9.17, 15) is 18.4 Å². The number of nitrogens with one attached hydrogen (secondary N) is 1. The third-order valence-electron chi connectivity index (χ3n) is 3.92. The van der Waals surface area contributed by atoms with Crippen LogP contribution < -0.4 is 5.32 Å². The number of carboxylic acids is 1. The maximum absolute atomic E-state index is 13.5. The zero-order valence-corrected chi connectivity index (χ0v) is 11.4. The molecule has 1 aliphatic carbocycles. The van der Waals surface area contributed by atoms with Crippen LogP contribution in [0.1, 0.15) is 36.0 Å². The maximum Gasteiger partial charge on any atom is 0.306 e. The van der Waals surface area contributed by atoms with Gasteiger partial charge in [0.15, 0.2) is 0 Å². The number of amides is 1. The monoisotopic (exact) mass is 297 g/mol. The van der Waals surface area contributed by atoms with E-state index < -0.39 is 29.4 Å². The van der Waals surface area contributed by atoms with Crippen LogP contribution in [0.5, 0.6) is 0 Å². The second-order valence-electron chi connectivity index (χ2n) is 5.32. The van der Waals surface area contributed by atoms with Crippen LogP contribution >= 0.6 is 0 Å². The van der Waals surface area contributed by atoms with Crippen molar-refractivity contribution in [1.29, 1.82) is 0 Å². The summed E-state index contributed by atoms with van der Waals surface area (Å²) in [6, 6.07) is 2.67. The molecule has 2 atom stereocenters. The molecule has 21 heavy (non-hydrogen) atoms. The second kappa shape index (κ2) is 6.65. The molecule has 0 heterocycles. The van der Waals surface area contributed by atoms with Crippen LogP contribution in [0.15, 0.2) is 18.2 Å². The summed E-state index contributed by atoms with van der Waals surface area (Å²) in [7, 11) is 0. The first-order valence-electron chi connectivity index (χ1n) is 6.95. The Balaban J connectivity index is 1.99. The van der Waals surface area contributed by atoms with E-state index in [1.54, 1.807) is 0 Å². The number of benzene rings is 1. The van der Waals surface area contributed by atoms with Crippen LogP contribution in [0.25, 0.3) is 0 Å². The molecule has 1 saturated carbocycles. The number of carbonyl (C=O) groups excluding carboxylic acids is 1. The summed E-state index contributed by atoms with van der Waals surface area (Å²) in [5.41, 5.74) is -0.363. The first-order chi connectivity index (χ1) is 9.99. The first-order valence-corrected chi connectivity index (χ1v) is 6.95. The Morgan fingerprint density at radius 3 is 2.67 bits per heavy atom. The summed E-state index contributed by atoms with van der Waals surface area (Å²) < 4.78 is 26.5. The van der Waals surface area contributed by atoms with Gasteiger partial charge in [-0.1, -0.05) is 12.8 Å². The lowest BCUT2D eigenvalue weighted by Crippen LogP contribution is -2.37. The number of hydrogen-bond donors (Lipinski definition) is 2. The molecule has 0 unspecified atom stereocenters. The zero-order valence-electron chi connectivity index (χ0n) is 11.4. The second-order valence-corrected chi connectivity index (χ2v) is 5.32. The number of carbonyl (C=O) groups is 2. The molecule has 0 radical (unpaired) electrons. The van der Waals surface area contributed by atoms with Gasteiger partial charge >= 0.3 is 5.97 Å². The van der Waals surface area contributed by atoms with Crippen molar-refractivity contribution in [3.8, 4) is 0 Å². The molecule has 4 nitrogen and oxygen atoms in total. The number of carboxylic acid groups (broad SMARTS) is 1. The summed E-state index contributed by atoms with van der Waals surface area (Å²) in [4.78, 5) is 23.0. The Kier molecular flexibility index (Phi) is 4.88. The summed E-state index contributed by atoms with van der Waals surface area (Å²) in [6.07, 6.45) is 3.08. The fourth-order valence-corrected chi connectivity index (χ4v) is 2.77. The highest BCUT2D eigenvalue weighted by atomic mass is 19.1. The van der Waals surface area contributed by atoms with Gasteiger partial charge in [-0.05, 0) is 37.0 Å². The first kappa shape index (κ1) is 15.4. The fraction of sp³-hybridized carbons (Fsp3) is 0.467. The fourth-order valence-electron chi connectivity index (χ4n) is 2.77. The normalized spacial score (nSPS) is 21.8. The zero-order chi connectivity index (χ0) is 15.4. The van der Waals surface area contributed by atoms with Crippen molar-refractivity contribution in [3.63, 3.8) is 0 Å². The largest absolute Gasteiger partial charge is 0.481 e. The number of hydrogen-bond acceptors (Lipinski definition) is 2. The van der Waals surface area contributed by atoms with Gasteiger partial charge in [0.05, 0.1) is 11.5 Å². The molecule has 0 aliphatic heterocycles. The smallest absolute Gasteiger partial charge is 0.306 e. The van der Waals surface area contributed by atoms with Gasteiger partial charge in [-0.25, -0.2) is 8.78 Å². The van der Waals surface area contributed by atoms with Gasteiger partial charge in [0, 0.05) is 6.54 Å². The van der Waals surface area contributed by atoms with Crippen molar-refractivity contribution in [3.05, 3.63) is 35.4 Å². The standard InChI is InChI=1S/C15H17F2NO3/c16-10-5-6-13(17)12(7-10)14(19)18-8-9-3-1-2-4-11(9)15(20)21/h5-7,9,11H,1-4,8H2,(H,18,19)(H,20,21)/t9-,11-/m0/s1. The Bertz CT molecular complexity index is 548. The maximum atomic E-state index is 13.5. The van der Waals surface area contributed by atoms with Gasteiger partial charge < -0.3 is 10.4 Å². The predicted octanol–water partition coefficient (Wildman–Crippen LogP) is 2.59. The van der Waals surface area contributed by atoms with E-state index in [0.717, 1.165) is 31.0 Å². The van der Waals surface area contributed by atoms with Gasteiger partial charge in [-0.2, -0.15) is 0 Å². The Morgan fingerprint density at radius 2 is 1.95 bits per heavy atom. The van der Waals surface area contributed by atoms with E-state index in [0.29, 0.717) is 12.8 Å². The van der Waals surface area contributed by atoms with Gasteiger partial charge in [0.25, 0.3) is 5.91 Å². The van der Waals surface area contributed by atoms with Gasteiger partial charge in [0.1, 0.15) is 11.6 Å². The number of aliphatic carboxylic acids is 1. The van der Waals surface area contributed by atoms with Crippen LogP contribution in [-0.2, 0) is 4.79 Å². The summed E-state index contributed by atoms with van der Waals surface area (Å²) in [5, 5.41) is 11.7. The molecule has 1 aromatic rings. The van der Waals surface area contributed by atoms with Crippen molar-refractivity contribution < 1.29 is 23.5 Å². The van der Waals surface area contributed by atoms with E-state index in [2.05, 4.69) is 5.32 Å². The third-order valence-corrected chi connectivity index (χ3v) is 3.92. The van der Waals surface area contributed by atoms with Crippen LogP contribution in [0.4, 0.5) is 8.78 Å². The van der Waals surface area contributed by atoms with E-state index in [4.69, 9.17) is 5.11 Å². The molecule has 2 N–H and O–H groups in total. The van der Waals surface area contributed by atoms with Crippen molar-refractivity contribution in [2.24, 2.45) is 11.8 Å². The molecule has 0 bridgehead atoms. The molecular formula is C15H17F2NO3. The van der Waals surface area contributed by atoms with E-state index >= 15 is 0 Å². The molecular weight excluding hydrogens is 280 g/mol. The highest BCUT2D eigenvalue weighted by molar-refractivity contribution is 5.94. The third kappa shape index (κ3) is 3.77. The van der Waals surface area contributed by atoms with E-state index in [1.807, 2.05) is 0 Å². The van der Waals surface area contributed by atoms with Crippen molar-refractivity contribution in [1.82, 2.24) is 5.32 Å². The highest BCUT2D eigenvalue weighted by Crippen LogP contribution is 2.29. The highest BCUT2D eigenvalue weighted by Gasteiger charge is 2.31. The van der Waals surface area contributed by atoms with Crippen molar-refractivity contribution in [2.45, 2.75) is 25.7 Å². The lowest BCUT2D eigenvalue weighted by atomic mass is 9.79. The Morgan fingerprint density at radius 1 is 1.24 bits per heavy atom. The molecule has 6 heteroatoms. The average Bonchev–Trinajstić information content (AvgIpc) is 2.47. The average molecular weight is 297 g/mol. The molecule has 0 saturated heterocycles. The quantitative estimate of drug-likeness (QED) is 0.897. The molecule has 2 rings (SSSR count). The molecule has 1 amide bonds. The van der Waals surface area contributed by atoms with Crippen LogP contribution in [0.2, 0.25) is 0 Å². The Labute approximate surface area is 121 Å². The lowest BCUT2D eigenvalue weighted by Gasteiger charge is -2.28.